The molecule has 1 N–H and O–H groups in total. The lowest BCUT2D eigenvalue weighted by atomic mass is 10.1. The van der Waals surface area contributed by atoms with Crippen LogP contribution in [0.5, 0.6) is 0 Å². The molecule has 0 bridgehead atoms. The number of unbranched alkanes of at least 4 members (excludes halogenated alkanes) is 1. The van der Waals surface area contributed by atoms with Gasteiger partial charge in [0.15, 0.2) is 0 Å². The molecule has 0 aliphatic heterocycles. The van der Waals surface area contributed by atoms with Gasteiger partial charge in [-0.3, -0.25) is 4.79 Å². The van der Waals surface area contributed by atoms with Crippen molar-refractivity contribution in [1.29, 1.82) is 0 Å². The van der Waals surface area contributed by atoms with Gasteiger partial charge in [0.1, 0.15) is 0 Å². The number of carbonyl (C=O) groups is 1. The highest BCUT2D eigenvalue weighted by atomic mass is 16.1. The number of hydrogen-bond donors (Lipinski definition) is 1. The molecule has 0 aliphatic carbocycles. The Morgan fingerprint density at radius 2 is 2.22 bits per heavy atom. The maximum atomic E-state index is 11.4. The molecule has 2 heteroatoms. The molecule has 0 aromatic carbocycles. The molecule has 0 aliphatic rings. The fraction of sp³-hybridized carbons (Fsp3) is 0.438. The quantitative estimate of drug-likeness (QED) is 0.317. The largest absolute Gasteiger partial charge is 0.352 e. The van der Waals surface area contributed by atoms with E-state index in [2.05, 4.69) is 36.9 Å². The van der Waals surface area contributed by atoms with Crippen LogP contribution in [0, 0.1) is 30.1 Å². The van der Waals surface area contributed by atoms with E-state index in [9.17, 15) is 4.79 Å². The van der Waals surface area contributed by atoms with Crippen LogP contribution in [0.3, 0.4) is 0 Å². The second kappa shape index (κ2) is 11.6. The summed E-state index contributed by atoms with van der Waals surface area (Å²) in [6.07, 6.45) is 14.7. The zero-order valence-corrected chi connectivity index (χ0v) is 11.2. The number of amides is 1. The molecule has 0 aromatic heterocycles. The standard InChI is InChI=1S/C16H21NO/c1-4-6-7-8-9-10-11-12-13-16(18)17-14-15(3)5-2/h1,10-13,15H,5,8-9,14H2,2-3H3,(H,17,18)/b11-10+,13-12+/t15-/m0/s1. The highest BCUT2D eigenvalue weighted by Crippen LogP contribution is 1.97. The van der Waals surface area contributed by atoms with Crippen LogP contribution in [-0.2, 0) is 4.79 Å². The van der Waals surface area contributed by atoms with Gasteiger partial charge >= 0.3 is 0 Å². The number of nitrogens with one attached hydrogen (secondary N) is 1. The van der Waals surface area contributed by atoms with Gasteiger partial charge in [-0.25, -0.2) is 0 Å². The van der Waals surface area contributed by atoms with E-state index < -0.39 is 0 Å². The number of terminal acetylenes is 1. The fourth-order valence-corrected chi connectivity index (χ4v) is 1.06. The van der Waals surface area contributed by atoms with E-state index in [1.54, 1.807) is 6.08 Å². The van der Waals surface area contributed by atoms with Crippen LogP contribution in [0.25, 0.3) is 0 Å². The Hall–Kier alpha value is -1.93. The summed E-state index contributed by atoms with van der Waals surface area (Å²) in [5.74, 6) is 8.12. The van der Waals surface area contributed by atoms with Gasteiger partial charge in [-0.1, -0.05) is 44.4 Å². The number of hydrogen-bond acceptors (Lipinski definition) is 1. The van der Waals surface area contributed by atoms with Crippen molar-refractivity contribution in [3.05, 3.63) is 24.3 Å². The van der Waals surface area contributed by atoms with Gasteiger partial charge in [0, 0.05) is 19.0 Å². The maximum Gasteiger partial charge on any atom is 0.243 e. The molecule has 96 valence electrons. The minimum atomic E-state index is -0.0490. The van der Waals surface area contributed by atoms with Gasteiger partial charge in [-0.15, -0.1) is 6.42 Å². The predicted octanol–water partition coefficient (Wildman–Crippen LogP) is 2.68. The summed E-state index contributed by atoms with van der Waals surface area (Å²) in [5, 5.41) is 2.85. The van der Waals surface area contributed by atoms with E-state index in [1.165, 1.54) is 6.08 Å². The summed E-state index contributed by atoms with van der Waals surface area (Å²) in [5.41, 5.74) is 0. The third-order valence-electron chi connectivity index (χ3n) is 2.41. The molecule has 0 rings (SSSR count). The molecule has 0 unspecified atom stereocenters. The molecule has 0 fully saturated rings. The van der Waals surface area contributed by atoms with Gasteiger partial charge in [-0.2, -0.15) is 0 Å². The third kappa shape index (κ3) is 10.6. The summed E-state index contributed by atoms with van der Waals surface area (Å²) >= 11 is 0. The van der Waals surface area contributed by atoms with Gasteiger partial charge in [0.2, 0.25) is 5.91 Å². The smallest absolute Gasteiger partial charge is 0.243 e. The van der Waals surface area contributed by atoms with Crippen LogP contribution in [0.1, 0.15) is 33.1 Å². The molecule has 18 heavy (non-hydrogen) atoms. The van der Waals surface area contributed by atoms with Crippen molar-refractivity contribution in [1.82, 2.24) is 5.32 Å². The van der Waals surface area contributed by atoms with Gasteiger partial charge in [0.25, 0.3) is 0 Å². The average molecular weight is 243 g/mol. The van der Waals surface area contributed by atoms with E-state index in [1.807, 2.05) is 12.2 Å². The molecule has 1 atom stereocenters. The lowest BCUT2D eigenvalue weighted by Gasteiger charge is -2.07. The monoisotopic (exact) mass is 243 g/mol. The predicted molar refractivity (Wildman–Crippen MR) is 76.6 cm³/mol. The van der Waals surface area contributed by atoms with Crippen LogP contribution < -0.4 is 5.32 Å². The molecular formula is C16H21NO. The average Bonchev–Trinajstić information content (AvgIpc) is 2.39. The Bertz CT molecular complexity index is 388. The van der Waals surface area contributed by atoms with Crippen LogP contribution in [0.4, 0.5) is 0 Å². The Morgan fingerprint density at radius 3 is 2.89 bits per heavy atom. The summed E-state index contributed by atoms with van der Waals surface area (Å²) in [4.78, 5) is 11.4. The summed E-state index contributed by atoms with van der Waals surface area (Å²) in [6.45, 7) is 4.95. The van der Waals surface area contributed by atoms with Crippen LogP contribution >= 0.6 is 0 Å². The van der Waals surface area contributed by atoms with Crippen LogP contribution in [0.2, 0.25) is 0 Å². The molecule has 1 amide bonds. The van der Waals surface area contributed by atoms with Crippen molar-refractivity contribution >= 4 is 5.91 Å². The van der Waals surface area contributed by atoms with E-state index in [0.29, 0.717) is 5.92 Å². The van der Waals surface area contributed by atoms with E-state index in [-0.39, 0.29) is 5.91 Å². The van der Waals surface area contributed by atoms with Crippen LogP contribution in [0.15, 0.2) is 24.3 Å². The molecular weight excluding hydrogens is 222 g/mol. The van der Waals surface area contributed by atoms with Crippen molar-refractivity contribution in [3.63, 3.8) is 0 Å². The zero-order chi connectivity index (χ0) is 13.6. The molecule has 0 saturated heterocycles. The number of allylic oxidation sites excluding steroid dienone is 3. The first-order valence-corrected chi connectivity index (χ1v) is 6.25. The minimum absolute atomic E-state index is 0.0490. The third-order valence-corrected chi connectivity index (χ3v) is 2.41. The molecule has 0 radical (unpaired) electrons. The summed E-state index contributed by atoms with van der Waals surface area (Å²) in [6, 6.07) is 0. The second-order valence-electron chi connectivity index (χ2n) is 4.03. The normalized spacial score (nSPS) is 11.8. The highest BCUT2D eigenvalue weighted by Gasteiger charge is 1.99. The molecule has 2 nitrogen and oxygen atoms in total. The highest BCUT2D eigenvalue weighted by molar-refractivity contribution is 5.87. The molecule has 0 saturated carbocycles. The van der Waals surface area contributed by atoms with Gasteiger partial charge in [-0.05, 0) is 24.2 Å². The number of carbonyl (C=O) groups excluding carboxylic acids is 1. The van der Waals surface area contributed by atoms with Gasteiger partial charge < -0.3 is 5.32 Å². The topological polar surface area (TPSA) is 29.1 Å². The first-order chi connectivity index (χ1) is 8.70. The Morgan fingerprint density at radius 1 is 1.44 bits per heavy atom. The first kappa shape index (κ1) is 16.1. The van der Waals surface area contributed by atoms with Crippen molar-refractivity contribution in [2.75, 3.05) is 6.54 Å². The minimum Gasteiger partial charge on any atom is -0.352 e. The van der Waals surface area contributed by atoms with Gasteiger partial charge in [0.05, 0.1) is 0 Å². The van der Waals surface area contributed by atoms with E-state index >= 15 is 0 Å². The molecule has 0 heterocycles. The summed E-state index contributed by atoms with van der Waals surface area (Å²) in [7, 11) is 0. The molecule has 0 spiro atoms. The van der Waals surface area contributed by atoms with E-state index in [0.717, 1.165) is 25.8 Å². The Kier molecular flexibility index (Phi) is 10.3. The first-order valence-electron chi connectivity index (χ1n) is 6.25. The van der Waals surface area contributed by atoms with Crippen molar-refractivity contribution in [2.24, 2.45) is 5.92 Å². The van der Waals surface area contributed by atoms with Crippen molar-refractivity contribution < 1.29 is 4.79 Å². The lowest BCUT2D eigenvalue weighted by molar-refractivity contribution is -0.116. The van der Waals surface area contributed by atoms with Crippen molar-refractivity contribution in [3.8, 4) is 24.2 Å². The molecule has 0 aromatic rings. The second-order valence-corrected chi connectivity index (χ2v) is 4.03. The SMILES string of the molecule is C#CC#CCC/C=C/C=C/C(=O)NC[C@@H](C)CC. The van der Waals surface area contributed by atoms with Crippen molar-refractivity contribution in [2.45, 2.75) is 33.1 Å². The Balaban J connectivity index is 3.71. The zero-order valence-electron chi connectivity index (χ0n) is 11.2. The Labute approximate surface area is 111 Å². The van der Waals surface area contributed by atoms with Crippen LogP contribution in [-0.4, -0.2) is 12.5 Å². The fourth-order valence-electron chi connectivity index (χ4n) is 1.06. The summed E-state index contributed by atoms with van der Waals surface area (Å²) < 4.78 is 0. The maximum absolute atomic E-state index is 11.4. The van der Waals surface area contributed by atoms with E-state index in [4.69, 9.17) is 6.42 Å². The number of rotatable bonds is 7. The lowest BCUT2D eigenvalue weighted by Crippen LogP contribution is -2.26.